The normalized spacial score (nSPS) is 20.9. The minimum absolute atomic E-state index is 0.0610. The highest BCUT2D eigenvalue weighted by molar-refractivity contribution is 5.80. The average Bonchev–Trinajstić information content (AvgIpc) is 2.72. The van der Waals surface area contributed by atoms with Gasteiger partial charge in [0.05, 0.1) is 12.5 Å². The molecule has 8 nitrogen and oxygen atoms in total. The van der Waals surface area contributed by atoms with Gasteiger partial charge in [-0.2, -0.15) is 0 Å². The van der Waals surface area contributed by atoms with Gasteiger partial charge in [0.1, 0.15) is 12.1 Å². The minimum Gasteiger partial charge on any atom is -0.481 e. The highest BCUT2D eigenvalue weighted by atomic mass is 16.4. The smallest absolute Gasteiger partial charge is 0.305 e. The van der Waals surface area contributed by atoms with Crippen molar-refractivity contribution >= 4 is 17.7 Å². The summed E-state index contributed by atoms with van der Waals surface area (Å²) in [5, 5.41) is 15.4. The fourth-order valence-corrected chi connectivity index (χ4v) is 4.25. The van der Waals surface area contributed by atoms with Gasteiger partial charge in [-0.15, -0.1) is 0 Å². The molecule has 0 spiro atoms. The summed E-state index contributed by atoms with van der Waals surface area (Å²) < 4.78 is 0. The van der Waals surface area contributed by atoms with E-state index in [1.165, 1.54) is 11.9 Å². The first-order valence-corrected chi connectivity index (χ1v) is 10.6. The summed E-state index contributed by atoms with van der Waals surface area (Å²) in [6.45, 7) is 0.987. The number of carboxylic acids is 1. The van der Waals surface area contributed by atoms with E-state index >= 15 is 0 Å². The molecule has 1 fully saturated rings. The Morgan fingerprint density at radius 3 is 2.80 bits per heavy atom. The Bertz CT molecular complexity index is 899. The van der Waals surface area contributed by atoms with Crippen LogP contribution < -0.4 is 10.6 Å². The second-order valence-corrected chi connectivity index (χ2v) is 8.24. The molecule has 4 rings (SSSR count). The Morgan fingerprint density at radius 1 is 1.23 bits per heavy atom. The molecule has 1 aliphatic heterocycles. The van der Waals surface area contributed by atoms with Crippen molar-refractivity contribution in [1.29, 1.82) is 0 Å². The number of rotatable bonds is 8. The summed E-state index contributed by atoms with van der Waals surface area (Å²) in [5.41, 5.74) is 3.00. The van der Waals surface area contributed by atoms with Crippen LogP contribution >= 0.6 is 0 Å². The molecule has 2 aliphatic rings. The van der Waals surface area contributed by atoms with E-state index in [9.17, 15) is 9.59 Å². The lowest BCUT2D eigenvalue weighted by Crippen LogP contribution is -2.41. The van der Waals surface area contributed by atoms with Crippen LogP contribution in [0.2, 0.25) is 0 Å². The van der Waals surface area contributed by atoms with E-state index in [0.717, 1.165) is 56.6 Å². The molecule has 1 atom stereocenters. The highest BCUT2D eigenvalue weighted by Gasteiger charge is 2.35. The number of carboxylic acid groups (broad SMARTS) is 1. The Labute approximate surface area is 175 Å². The number of carbonyl (C=O) groups excluding carboxylic acids is 1. The Hall–Kier alpha value is -3.03. The summed E-state index contributed by atoms with van der Waals surface area (Å²) in [7, 11) is 0. The van der Waals surface area contributed by atoms with Crippen molar-refractivity contribution in [3.05, 3.63) is 47.7 Å². The zero-order valence-corrected chi connectivity index (χ0v) is 16.9. The number of hydrogen-bond acceptors (Lipinski definition) is 6. The number of aromatic nitrogens is 3. The molecular formula is C22H27N5O3. The van der Waals surface area contributed by atoms with E-state index in [0.29, 0.717) is 11.5 Å². The van der Waals surface area contributed by atoms with Gasteiger partial charge in [-0.3, -0.25) is 9.59 Å². The van der Waals surface area contributed by atoms with E-state index in [1.807, 2.05) is 0 Å². The lowest BCUT2D eigenvalue weighted by molar-refractivity contribution is -0.138. The quantitative estimate of drug-likeness (QED) is 0.613. The van der Waals surface area contributed by atoms with Gasteiger partial charge in [-0.25, -0.2) is 15.0 Å². The van der Waals surface area contributed by atoms with Gasteiger partial charge in [-0.1, -0.05) is 6.07 Å². The fraction of sp³-hybridized carbons (Fsp3) is 0.500. The zero-order chi connectivity index (χ0) is 20.9. The Kier molecular flexibility index (Phi) is 6.21. The standard InChI is InChI=1S/C22H27N5O3/c28-20(29)10-19(17-11-23-13-24-12-17)27-22(30)16-8-14(9-16)3-5-18-6-4-15-2-1-7-25-21(15)26-18/h4,6,11-14,16,19H,1-3,5,7-10H2,(H,25,26)(H,27,30)(H,28,29)/t14-,16-,19-/m0/s1. The molecule has 8 heteroatoms. The minimum atomic E-state index is -0.970. The maximum absolute atomic E-state index is 12.6. The van der Waals surface area contributed by atoms with Gasteiger partial charge < -0.3 is 15.7 Å². The number of anilines is 1. The van der Waals surface area contributed by atoms with Crippen LogP contribution in [0.5, 0.6) is 0 Å². The molecule has 0 saturated heterocycles. The van der Waals surface area contributed by atoms with Crippen molar-refractivity contribution < 1.29 is 14.7 Å². The zero-order valence-electron chi connectivity index (χ0n) is 16.9. The van der Waals surface area contributed by atoms with Gasteiger partial charge in [0.15, 0.2) is 0 Å². The summed E-state index contributed by atoms with van der Waals surface area (Å²) in [6.07, 6.45) is 10.1. The van der Waals surface area contributed by atoms with Gasteiger partial charge in [-0.05, 0) is 56.1 Å². The number of nitrogens with one attached hydrogen (secondary N) is 2. The van der Waals surface area contributed by atoms with E-state index in [1.54, 1.807) is 12.4 Å². The lowest BCUT2D eigenvalue weighted by atomic mass is 9.72. The van der Waals surface area contributed by atoms with Crippen LogP contribution in [0.3, 0.4) is 0 Å². The van der Waals surface area contributed by atoms with E-state index in [4.69, 9.17) is 10.1 Å². The number of aryl methyl sites for hydroxylation is 2. The van der Waals surface area contributed by atoms with E-state index < -0.39 is 12.0 Å². The SMILES string of the molecule is O=C(O)C[C@H](NC(=O)[C@H]1C[C@H](CCc2ccc3c(n2)NCCC3)C1)c1cncnc1. The molecule has 0 bridgehead atoms. The molecule has 0 unspecified atom stereocenters. The highest BCUT2D eigenvalue weighted by Crippen LogP contribution is 2.37. The second kappa shape index (κ2) is 9.19. The van der Waals surface area contributed by atoms with Crippen LogP contribution in [0.4, 0.5) is 5.82 Å². The van der Waals surface area contributed by atoms with Crippen LogP contribution in [0, 0.1) is 11.8 Å². The number of nitrogens with zero attached hydrogens (tertiary/aromatic N) is 3. The molecule has 1 aliphatic carbocycles. The van der Waals surface area contributed by atoms with Crippen LogP contribution in [0.1, 0.15) is 55.0 Å². The maximum Gasteiger partial charge on any atom is 0.305 e. The van der Waals surface area contributed by atoms with Crippen LogP contribution in [0.15, 0.2) is 30.9 Å². The van der Waals surface area contributed by atoms with E-state index in [-0.39, 0.29) is 18.2 Å². The maximum atomic E-state index is 12.6. The summed E-state index contributed by atoms with van der Waals surface area (Å²) in [5.74, 6) is 0.415. The molecule has 30 heavy (non-hydrogen) atoms. The van der Waals surface area contributed by atoms with Crippen LogP contribution in [-0.4, -0.2) is 38.5 Å². The molecule has 2 aromatic rings. The first-order chi connectivity index (χ1) is 14.6. The number of pyridine rings is 1. The largest absolute Gasteiger partial charge is 0.481 e. The van der Waals surface area contributed by atoms with Crippen LogP contribution in [-0.2, 0) is 22.4 Å². The molecule has 2 aromatic heterocycles. The van der Waals surface area contributed by atoms with Crippen molar-refractivity contribution in [2.24, 2.45) is 11.8 Å². The molecule has 3 heterocycles. The number of amides is 1. The Balaban J connectivity index is 1.25. The summed E-state index contributed by atoms with van der Waals surface area (Å²) >= 11 is 0. The molecule has 1 saturated carbocycles. The van der Waals surface area contributed by atoms with Crippen molar-refractivity contribution in [3.8, 4) is 0 Å². The lowest BCUT2D eigenvalue weighted by Gasteiger charge is -2.35. The van der Waals surface area contributed by atoms with Gasteiger partial charge in [0.25, 0.3) is 0 Å². The summed E-state index contributed by atoms with van der Waals surface area (Å²) in [4.78, 5) is 36.4. The third kappa shape index (κ3) is 4.93. The molecule has 0 aromatic carbocycles. The van der Waals surface area contributed by atoms with Crippen molar-refractivity contribution in [1.82, 2.24) is 20.3 Å². The molecule has 3 N–H and O–H groups in total. The fourth-order valence-electron chi connectivity index (χ4n) is 4.25. The average molecular weight is 409 g/mol. The van der Waals surface area contributed by atoms with Crippen molar-refractivity contribution in [3.63, 3.8) is 0 Å². The van der Waals surface area contributed by atoms with Gasteiger partial charge in [0, 0.05) is 36.1 Å². The van der Waals surface area contributed by atoms with Crippen LogP contribution in [0.25, 0.3) is 0 Å². The Morgan fingerprint density at radius 2 is 2.03 bits per heavy atom. The monoisotopic (exact) mass is 409 g/mol. The van der Waals surface area contributed by atoms with Gasteiger partial charge >= 0.3 is 5.97 Å². The number of hydrogen-bond donors (Lipinski definition) is 3. The molecule has 0 radical (unpaired) electrons. The number of carbonyl (C=O) groups is 2. The molecule has 158 valence electrons. The first kappa shape index (κ1) is 20.3. The summed E-state index contributed by atoms with van der Waals surface area (Å²) in [6, 6.07) is 3.69. The third-order valence-electron chi connectivity index (χ3n) is 6.05. The van der Waals surface area contributed by atoms with Crippen molar-refractivity contribution in [2.75, 3.05) is 11.9 Å². The number of fused-ring (bicyclic) bond motifs is 1. The molecular weight excluding hydrogens is 382 g/mol. The predicted octanol–water partition coefficient (Wildman–Crippen LogP) is 2.52. The second-order valence-electron chi connectivity index (χ2n) is 8.24. The topological polar surface area (TPSA) is 117 Å². The predicted molar refractivity (Wildman–Crippen MR) is 111 cm³/mol. The number of aliphatic carboxylic acids is 1. The van der Waals surface area contributed by atoms with Gasteiger partial charge in [0.2, 0.25) is 5.91 Å². The molecule has 1 amide bonds. The first-order valence-electron chi connectivity index (χ1n) is 10.6. The van der Waals surface area contributed by atoms with Crippen molar-refractivity contribution in [2.45, 2.75) is 51.0 Å². The van der Waals surface area contributed by atoms with E-state index in [2.05, 4.69) is 32.7 Å². The third-order valence-corrected chi connectivity index (χ3v) is 6.05.